The Morgan fingerprint density at radius 3 is 2.32 bits per heavy atom. The molecule has 0 unspecified atom stereocenters. The molecule has 0 amide bonds. The van der Waals surface area contributed by atoms with Gasteiger partial charge in [0.25, 0.3) is 0 Å². The van der Waals surface area contributed by atoms with Crippen molar-refractivity contribution in [3.63, 3.8) is 0 Å². The van der Waals surface area contributed by atoms with Crippen molar-refractivity contribution in [3.05, 3.63) is 59.8 Å². The number of halogens is 2. The summed E-state index contributed by atoms with van der Waals surface area (Å²) >= 11 is 6.15. The van der Waals surface area contributed by atoms with E-state index >= 15 is 0 Å². The minimum atomic E-state index is -5.00. The molecule has 0 atom stereocenters. The van der Waals surface area contributed by atoms with Crippen molar-refractivity contribution < 1.29 is 138 Å². The number of imidazole rings is 1. The van der Waals surface area contributed by atoms with Gasteiger partial charge in [-0.05, 0) is 42.5 Å². The Bertz CT molecular complexity index is 1230. The number of ether oxygens (including phenoxy) is 1. The number of hydrogen-bond donors (Lipinski definition) is 3. The number of sulfonamides is 1. The third-order valence-electron chi connectivity index (χ3n) is 3.81. The summed E-state index contributed by atoms with van der Waals surface area (Å²) in [6, 6.07) is 9.32. The van der Waals surface area contributed by atoms with Crippen molar-refractivity contribution in [2.75, 3.05) is 7.11 Å². The van der Waals surface area contributed by atoms with E-state index in [2.05, 4.69) is 4.98 Å². The fourth-order valence-corrected chi connectivity index (χ4v) is 5.00. The van der Waals surface area contributed by atoms with E-state index in [0.717, 1.165) is 12.1 Å². The molecule has 3 aromatic rings. The zero-order valence-corrected chi connectivity index (χ0v) is 25.4. The summed E-state index contributed by atoms with van der Waals surface area (Å²) < 4.78 is 56.7. The normalized spacial score (nSPS) is 11.4. The number of methoxy groups -OCH3 is 1. The van der Waals surface area contributed by atoms with Crippen LogP contribution in [-0.2, 0) is 14.6 Å². The van der Waals surface area contributed by atoms with Crippen LogP contribution >= 0.6 is 19.3 Å². The van der Waals surface area contributed by atoms with Crippen LogP contribution in [0, 0.1) is 5.82 Å². The van der Waals surface area contributed by atoms with Gasteiger partial charge in [-0.3, -0.25) is 4.57 Å². The Morgan fingerprint density at radius 1 is 1.19 bits per heavy atom. The summed E-state index contributed by atoms with van der Waals surface area (Å²) in [5.41, 5.74) is 1.20. The largest absolute Gasteiger partial charge is 1.00 e. The first kappa shape index (κ1) is 30.0. The Morgan fingerprint density at radius 2 is 1.81 bits per heavy atom. The van der Waals surface area contributed by atoms with Crippen molar-refractivity contribution in [1.29, 1.82) is 0 Å². The topological polar surface area (TPSA) is 131 Å². The Hall–Kier alpha value is 1.00. The molecule has 0 fully saturated rings. The molecule has 158 valence electrons. The number of nitrogens with one attached hydrogen (secondary N) is 1. The van der Waals surface area contributed by atoms with Crippen LogP contribution in [0.25, 0.3) is 16.9 Å². The fourth-order valence-electron chi connectivity index (χ4n) is 2.59. The number of rotatable bonds is 6. The van der Waals surface area contributed by atoms with Gasteiger partial charge >= 0.3 is 111 Å². The first-order valence-corrected chi connectivity index (χ1v) is 11.3. The zero-order chi connectivity index (χ0) is 21.4. The molecule has 0 radical (unpaired) electrons. The van der Waals surface area contributed by atoms with Gasteiger partial charge in [-0.25, -0.2) is 22.4 Å². The minimum Gasteiger partial charge on any atom is -1.00 e. The van der Waals surface area contributed by atoms with Crippen LogP contribution in [0.5, 0.6) is 5.75 Å². The smallest absolute Gasteiger partial charge is 1.00 e. The van der Waals surface area contributed by atoms with Crippen LogP contribution in [0.4, 0.5) is 4.39 Å². The van der Waals surface area contributed by atoms with E-state index in [1.165, 1.54) is 46.8 Å². The average molecular weight is 542 g/mol. The molecule has 0 aliphatic carbocycles. The van der Waals surface area contributed by atoms with E-state index in [1.54, 1.807) is 6.07 Å². The zero-order valence-electron chi connectivity index (χ0n) is 18.7. The van der Waals surface area contributed by atoms with Crippen molar-refractivity contribution >= 4 is 29.4 Å². The van der Waals surface area contributed by atoms with Gasteiger partial charge in [-0.1, -0.05) is 11.6 Å². The van der Waals surface area contributed by atoms with Crippen molar-refractivity contribution in [1.82, 2.24) is 14.0 Å². The van der Waals surface area contributed by atoms with E-state index in [9.17, 15) is 17.4 Å². The van der Waals surface area contributed by atoms with Gasteiger partial charge < -0.3 is 17.4 Å². The molecule has 9 nitrogen and oxygen atoms in total. The maximum atomic E-state index is 14.1. The Kier molecular flexibility index (Phi) is 11.7. The van der Waals surface area contributed by atoms with Gasteiger partial charge in [-0.15, -0.1) is 4.49 Å². The molecule has 31 heavy (non-hydrogen) atoms. The van der Waals surface area contributed by atoms with Crippen LogP contribution in [0.15, 0.2) is 53.7 Å². The third-order valence-corrected chi connectivity index (χ3v) is 6.89. The summed E-state index contributed by atoms with van der Waals surface area (Å²) in [5.74, 6) is -0.540. The van der Waals surface area contributed by atoms with E-state index in [1.807, 2.05) is 0 Å². The van der Waals surface area contributed by atoms with Gasteiger partial charge in [-0.2, -0.15) is 0 Å². The molecular weight excluding hydrogens is 526 g/mol. The molecule has 1 aromatic heterocycles. The van der Waals surface area contributed by atoms with E-state index in [0.29, 0.717) is 16.9 Å². The van der Waals surface area contributed by atoms with Crippen molar-refractivity contribution in [2.45, 2.75) is 4.90 Å². The van der Waals surface area contributed by atoms with Crippen LogP contribution in [0.3, 0.4) is 0 Å². The molecule has 0 aliphatic heterocycles. The quantitative estimate of drug-likeness (QED) is 0.223. The molecule has 3 N–H and O–H groups in total. The molecule has 0 saturated carbocycles. The predicted octanol–water partition coefficient (Wildman–Crippen LogP) is -3.06. The Balaban J connectivity index is 0. The first-order chi connectivity index (χ1) is 13.5. The first-order valence-electron chi connectivity index (χ1n) is 7.78. The monoisotopic (exact) mass is 541 g/mol. The average Bonchev–Trinajstić information content (AvgIpc) is 3.01. The molecule has 0 saturated heterocycles. The van der Waals surface area contributed by atoms with Crippen LogP contribution < -0.4 is 112 Å². The summed E-state index contributed by atoms with van der Waals surface area (Å²) in [6.07, 6.45) is 1.37. The number of hydrogen-bond acceptors (Lipinski definition) is 5. The third kappa shape index (κ3) is 7.49. The van der Waals surface area contributed by atoms with Crippen molar-refractivity contribution in [3.8, 4) is 22.7 Å². The predicted molar refractivity (Wildman–Crippen MR) is 105 cm³/mol. The summed E-state index contributed by atoms with van der Waals surface area (Å²) in [6.45, 7) is 0. The fraction of sp³-hybridized carbons (Fsp3) is 0.0625. The van der Waals surface area contributed by atoms with Gasteiger partial charge in [0.05, 0.1) is 17.7 Å². The van der Waals surface area contributed by atoms with Gasteiger partial charge in [0.2, 0.25) is 10.0 Å². The van der Waals surface area contributed by atoms with E-state index in [-0.39, 0.29) is 121 Å². The number of benzene rings is 2. The summed E-state index contributed by atoms with van der Waals surface area (Å²) in [5, 5.41) is 0.0921. The van der Waals surface area contributed by atoms with Crippen LogP contribution in [0.1, 0.15) is 2.85 Å². The van der Waals surface area contributed by atoms with E-state index in [4.69, 9.17) is 26.1 Å². The molecule has 0 aliphatic rings. The van der Waals surface area contributed by atoms with E-state index < -0.39 is 23.6 Å². The van der Waals surface area contributed by atoms with Gasteiger partial charge in [0.1, 0.15) is 6.33 Å². The SMILES string of the molecule is COc1ccc(-c2c(Cl)ncn2-c2ccc(S(=O)(=O)NP(=O)(O)O)cc2)cc1F.[H-].[H-].[K+].[K+]. The number of aromatic nitrogens is 2. The molecule has 15 heteroatoms. The van der Waals surface area contributed by atoms with Gasteiger partial charge in [0.15, 0.2) is 16.7 Å². The molecular formula is C16H16ClFK2N3O6PS. The maximum absolute atomic E-state index is 14.1. The Labute approximate surface area is 270 Å². The van der Waals surface area contributed by atoms with Gasteiger partial charge in [0, 0.05) is 11.3 Å². The maximum Gasteiger partial charge on any atom is 1.00 e. The second-order valence-electron chi connectivity index (χ2n) is 5.74. The van der Waals surface area contributed by atoms with Crippen LogP contribution in [0.2, 0.25) is 5.15 Å². The standard InChI is InChI=1S/C16H14ClFN3O6PS.2K.2H/c1-27-14-7-2-10(8-13(14)18)15-16(17)19-9-21(15)11-3-5-12(6-4-11)29(25,26)20-28(22,23)24;;;;/h2-9H,1H3,(H3,20,22,23,24);;;;/q;2*+1;2*-1. The van der Waals surface area contributed by atoms with Crippen molar-refractivity contribution in [2.24, 2.45) is 0 Å². The number of nitrogens with zero attached hydrogens (tertiary/aromatic N) is 2. The second kappa shape index (κ2) is 12.1. The summed E-state index contributed by atoms with van der Waals surface area (Å²) in [4.78, 5) is 21.3. The second-order valence-corrected chi connectivity index (χ2v) is 9.39. The summed E-state index contributed by atoms with van der Waals surface area (Å²) in [7, 11) is -8.07. The molecule has 0 bridgehead atoms. The van der Waals surface area contributed by atoms with Crippen LogP contribution in [-0.4, -0.2) is 34.9 Å². The molecule has 1 heterocycles. The molecule has 2 aromatic carbocycles. The minimum absolute atomic E-state index is 0. The molecule has 0 spiro atoms. The molecule has 3 rings (SSSR count).